The maximum Gasteiger partial charge on any atom is 0.419 e. The van der Waals surface area contributed by atoms with Crippen LogP contribution in [0.15, 0.2) is 42.7 Å². The van der Waals surface area contributed by atoms with Crippen molar-refractivity contribution in [1.29, 1.82) is 0 Å². The van der Waals surface area contributed by atoms with Crippen LogP contribution in [0, 0.1) is 5.41 Å². The van der Waals surface area contributed by atoms with Crippen LogP contribution in [0.2, 0.25) is 0 Å². The van der Waals surface area contributed by atoms with E-state index in [9.17, 15) is 18.0 Å². The number of hydrogen-bond donors (Lipinski definition) is 0. The van der Waals surface area contributed by atoms with Gasteiger partial charge in [-0.15, -0.1) is 0 Å². The van der Waals surface area contributed by atoms with E-state index < -0.39 is 17.3 Å². The summed E-state index contributed by atoms with van der Waals surface area (Å²) in [6.45, 7) is 9.65. The number of piperazine rings is 1. The number of nitrogens with zero attached hydrogens (tertiary/aromatic N) is 5. The molecule has 10 heteroatoms. The average Bonchev–Trinajstić information content (AvgIpc) is 2.76. The van der Waals surface area contributed by atoms with Gasteiger partial charge in [-0.25, -0.2) is 14.8 Å². The third-order valence-electron chi connectivity index (χ3n) is 7.58. The van der Waals surface area contributed by atoms with Gasteiger partial charge in [-0.3, -0.25) is 9.80 Å². The molecule has 2 saturated heterocycles. The van der Waals surface area contributed by atoms with Crippen molar-refractivity contribution in [1.82, 2.24) is 19.8 Å². The van der Waals surface area contributed by atoms with Gasteiger partial charge in [0.15, 0.2) is 0 Å². The van der Waals surface area contributed by atoms with Crippen LogP contribution in [0.3, 0.4) is 0 Å². The van der Waals surface area contributed by atoms with E-state index in [0.717, 1.165) is 44.9 Å². The van der Waals surface area contributed by atoms with E-state index in [0.29, 0.717) is 13.1 Å². The van der Waals surface area contributed by atoms with Crippen molar-refractivity contribution in [2.45, 2.75) is 64.0 Å². The van der Waals surface area contributed by atoms with Gasteiger partial charge in [-0.1, -0.05) is 30.3 Å². The smallest absolute Gasteiger partial charge is 0.419 e. The van der Waals surface area contributed by atoms with Gasteiger partial charge in [0.1, 0.15) is 5.60 Å². The molecule has 1 saturated carbocycles. The minimum Gasteiger partial charge on any atom is -0.443 e. The molecule has 0 N–H and O–H groups in total. The van der Waals surface area contributed by atoms with E-state index in [1.54, 1.807) is 4.90 Å². The van der Waals surface area contributed by atoms with Crippen LogP contribution in [0.5, 0.6) is 0 Å². The Morgan fingerprint density at radius 2 is 1.64 bits per heavy atom. The molecule has 1 amide bonds. The van der Waals surface area contributed by atoms with Gasteiger partial charge in [-0.05, 0) is 39.2 Å². The lowest BCUT2D eigenvalue weighted by Gasteiger charge is -2.63. The molecule has 2 atom stereocenters. The van der Waals surface area contributed by atoms with E-state index in [1.807, 2.05) is 31.7 Å². The van der Waals surface area contributed by atoms with Gasteiger partial charge in [0.2, 0.25) is 5.95 Å². The van der Waals surface area contributed by atoms with Crippen molar-refractivity contribution in [2.75, 3.05) is 31.1 Å². The zero-order valence-electron chi connectivity index (χ0n) is 20.8. The number of carbonyl (C=O) groups is 1. The lowest BCUT2D eigenvalue weighted by atomic mass is 9.55. The van der Waals surface area contributed by atoms with Crippen molar-refractivity contribution in [3.63, 3.8) is 0 Å². The molecule has 1 aliphatic carbocycles. The fraction of sp³-hybridized carbons (Fsp3) is 0.577. The minimum absolute atomic E-state index is 0.199. The highest BCUT2D eigenvalue weighted by molar-refractivity contribution is 5.70. The maximum atomic E-state index is 13.2. The lowest BCUT2D eigenvalue weighted by molar-refractivity contribution is -0.187. The number of amides is 1. The molecule has 7 nitrogen and oxygen atoms in total. The molecule has 5 rings (SSSR count). The number of rotatable bonds is 4. The highest BCUT2D eigenvalue weighted by Gasteiger charge is 2.60. The molecule has 1 aromatic heterocycles. The Bertz CT molecular complexity index is 1070. The standard InChI is InChI=1S/C26H32F3N5O2/c1-18-11-33(22-30-9-21(10-31-22)26(27,28)29)12-19(2)34(18)23(35)36-24(3)14-25(15-24)16-32(17-25)13-20-7-5-4-6-8-20/h4-10,18-19H,11-17H2,1-3H3/t18-,19-/m1/s1. The molecule has 2 aliphatic heterocycles. The first-order valence-electron chi connectivity index (χ1n) is 12.4. The number of carbonyl (C=O) groups excluding carboxylic acids is 1. The molecule has 2 aromatic rings. The molecule has 36 heavy (non-hydrogen) atoms. The largest absolute Gasteiger partial charge is 0.443 e. The first-order valence-corrected chi connectivity index (χ1v) is 12.4. The average molecular weight is 504 g/mol. The summed E-state index contributed by atoms with van der Waals surface area (Å²) in [5.74, 6) is 0.229. The van der Waals surface area contributed by atoms with Crippen LogP contribution in [-0.4, -0.2) is 69.7 Å². The number of likely N-dealkylation sites (tertiary alicyclic amines) is 1. The van der Waals surface area contributed by atoms with Crippen molar-refractivity contribution < 1.29 is 22.7 Å². The van der Waals surface area contributed by atoms with Crippen molar-refractivity contribution in [2.24, 2.45) is 5.41 Å². The van der Waals surface area contributed by atoms with Crippen LogP contribution >= 0.6 is 0 Å². The molecule has 0 unspecified atom stereocenters. The number of aromatic nitrogens is 2. The van der Waals surface area contributed by atoms with Gasteiger partial charge < -0.3 is 9.64 Å². The van der Waals surface area contributed by atoms with Gasteiger partial charge in [0, 0.05) is 50.5 Å². The van der Waals surface area contributed by atoms with Gasteiger partial charge in [0.05, 0.1) is 17.6 Å². The molecule has 0 bridgehead atoms. The van der Waals surface area contributed by atoms with Crippen LogP contribution in [0.4, 0.5) is 23.9 Å². The fourth-order valence-corrected chi connectivity index (χ4v) is 6.43. The van der Waals surface area contributed by atoms with E-state index in [2.05, 4.69) is 39.1 Å². The summed E-state index contributed by atoms with van der Waals surface area (Å²) in [5, 5.41) is 0. The predicted octanol–water partition coefficient (Wildman–Crippen LogP) is 4.59. The maximum absolute atomic E-state index is 13.2. The summed E-state index contributed by atoms with van der Waals surface area (Å²) in [6, 6.07) is 10.0. The number of benzene rings is 1. The van der Waals surface area contributed by atoms with Crippen molar-refractivity contribution >= 4 is 12.0 Å². The third kappa shape index (κ3) is 4.87. The zero-order valence-corrected chi connectivity index (χ0v) is 20.8. The highest BCUT2D eigenvalue weighted by Crippen LogP contribution is 2.56. The van der Waals surface area contributed by atoms with Crippen LogP contribution in [0.25, 0.3) is 0 Å². The van der Waals surface area contributed by atoms with Crippen LogP contribution < -0.4 is 4.90 Å². The first-order chi connectivity index (χ1) is 17.0. The molecule has 3 aliphatic rings. The second kappa shape index (κ2) is 8.90. The molecule has 194 valence electrons. The quantitative estimate of drug-likeness (QED) is 0.609. The van der Waals surface area contributed by atoms with Crippen LogP contribution in [0.1, 0.15) is 44.7 Å². The predicted molar refractivity (Wildman–Crippen MR) is 128 cm³/mol. The molecule has 0 radical (unpaired) electrons. The number of alkyl halides is 3. The topological polar surface area (TPSA) is 61.8 Å². The van der Waals surface area contributed by atoms with E-state index in [1.165, 1.54) is 5.56 Å². The minimum atomic E-state index is -4.47. The second-order valence-corrected chi connectivity index (χ2v) is 11.1. The molecule has 3 fully saturated rings. The van der Waals surface area contributed by atoms with Gasteiger partial charge >= 0.3 is 12.3 Å². The summed E-state index contributed by atoms with van der Waals surface area (Å²) in [6.07, 6.45) is -1.49. The van der Waals surface area contributed by atoms with Crippen LogP contribution in [-0.2, 0) is 17.5 Å². The Morgan fingerprint density at radius 1 is 1.06 bits per heavy atom. The van der Waals surface area contributed by atoms with Gasteiger partial charge in [0.25, 0.3) is 0 Å². The fourth-order valence-electron chi connectivity index (χ4n) is 6.43. The Labute approximate surface area is 209 Å². The SMILES string of the molecule is C[C@@H]1CN(c2ncc(C(F)(F)F)cn2)C[C@@H](C)N1C(=O)OC1(C)CC2(CN(Cc3ccccc3)C2)C1. The Kier molecular flexibility index (Phi) is 6.13. The summed E-state index contributed by atoms with van der Waals surface area (Å²) >= 11 is 0. The highest BCUT2D eigenvalue weighted by atomic mass is 19.4. The van der Waals surface area contributed by atoms with Gasteiger partial charge in [-0.2, -0.15) is 13.2 Å². The number of ether oxygens (including phenoxy) is 1. The number of halogens is 3. The summed E-state index contributed by atoms with van der Waals surface area (Å²) in [4.78, 5) is 27.0. The zero-order chi connectivity index (χ0) is 25.7. The van der Waals surface area contributed by atoms with E-state index in [4.69, 9.17) is 4.74 Å². The number of hydrogen-bond acceptors (Lipinski definition) is 6. The Morgan fingerprint density at radius 3 is 2.19 bits per heavy atom. The summed E-state index contributed by atoms with van der Waals surface area (Å²) < 4.78 is 44.5. The Balaban J connectivity index is 1.13. The summed E-state index contributed by atoms with van der Waals surface area (Å²) in [5.41, 5.74) is 0.197. The van der Waals surface area contributed by atoms with E-state index in [-0.39, 0.29) is 29.5 Å². The molecule has 1 aromatic carbocycles. The molecule has 1 spiro atoms. The second-order valence-electron chi connectivity index (χ2n) is 11.1. The Hall–Kier alpha value is -2.88. The third-order valence-corrected chi connectivity index (χ3v) is 7.58. The molecular formula is C26H32F3N5O2. The molecular weight excluding hydrogens is 471 g/mol. The molecule has 3 heterocycles. The monoisotopic (exact) mass is 503 g/mol. The lowest BCUT2D eigenvalue weighted by Crippen LogP contribution is -2.68. The normalized spacial score (nSPS) is 25.3. The van der Waals surface area contributed by atoms with Crippen molar-refractivity contribution in [3.8, 4) is 0 Å². The number of anilines is 1. The summed E-state index contributed by atoms with van der Waals surface area (Å²) in [7, 11) is 0. The van der Waals surface area contributed by atoms with E-state index >= 15 is 0 Å². The first kappa shape index (κ1) is 24.8. The van der Waals surface area contributed by atoms with Crippen molar-refractivity contribution in [3.05, 3.63) is 53.9 Å².